The van der Waals surface area contributed by atoms with Gasteiger partial charge in [0.25, 0.3) is 0 Å². The predicted octanol–water partition coefficient (Wildman–Crippen LogP) is 3.51. The molecule has 0 saturated carbocycles. The molecule has 0 aliphatic carbocycles. The number of nitrogens with one attached hydrogen (secondary N) is 2. The van der Waals surface area contributed by atoms with Gasteiger partial charge in [-0.2, -0.15) is 5.26 Å². The van der Waals surface area contributed by atoms with Crippen LogP contribution in [0.15, 0.2) is 64.5 Å². The first kappa shape index (κ1) is 25.1. The van der Waals surface area contributed by atoms with E-state index in [1.54, 1.807) is 0 Å². The number of rotatable bonds is 7. The Kier molecular flexibility index (Phi) is 10.8. The number of halogens is 1. The van der Waals surface area contributed by atoms with Crippen molar-refractivity contribution in [3.8, 4) is 6.07 Å². The lowest BCUT2D eigenvalue weighted by Crippen LogP contribution is -2.51. The average Bonchev–Trinajstić information content (AvgIpc) is 2.80. The zero-order valence-electron chi connectivity index (χ0n) is 17.8. The number of piperidine rings is 1. The number of guanidine groups is 1. The van der Waals surface area contributed by atoms with Crippen molar-refractivity contribution in [2.24, 2.45) is 4.99 Å². The van der Waals surface area contributed by atoms with Crippen LogP contribution in [0.4, 0.5) is 5.69 Å². The van der Waals surface area contributed by atoms with Crippen LogP contribution in [-0.4, -0.2) is 48.1 Å². The maximum Gasteiger partial charge on any atom is 0.191 e. The van der Waals surface area contributed by atoms with E-state index in [2.05, 4.69) is 26.6 Å². The van der Waals surface area contributed by atoms with Crippen molar-refractivity contribution in [2.75, 3.05) is 36.8 Å². The highest BCUT2D eigenvalue weighted by Gasteiger charge is 2.22. The van der Waals surface area contributed by atoms with Gasteiger partial charge in [0.05, 0.1) is 28.6 Å². The van der Waals surface area contributed by atoms with Crippen molar-refractivity contribution in [3.05, 3.63) is 60.2 Å². The van der Waals surface area contributed by atoms with Crippen LogP contribution >= 0.6 is 24.0 Å². The Morgan fingerprint density at radius 3 is 2.71 bits per heavy atom. The van der Waals surface area contributed by atoms with Crippen molar-refractivity contribution in [2.45, 2.75) is 30.7 Å². The third kappa shape index (κ3) is 7.51. The molecule has 8 heteroatoms. The van der Waals surface area contributed by atoms with Crippen LogP contribution in [-0.2, 0) is 10.8 Å². The van der Waals surface area contributed by atoms with Gasteiger partial charge in [-0.15, -0.1) is 24.0 Å². The van der Waals surface area contributed by atoms with E-state index in [4.69, 9.17) is 0 Å². The lowest BCUT2D eigenvalue weighted by molar-refractivity contribution is 0.468. The first-order valence-corrected chi connectivity index (χ1v) is 11.8. The van der Waals surface area contributed by atoms with Crippen LogP contribution in [0.3, 0.4) is 0 Å². The van der Waals surface area contributed by atoms with Gasteiger partial charge in [-0.3, -0.25) is 9.20 Å². The van der Waals surface area contributed by atoms with Gasteiger partial charge in [0.15, 0.2) is 5.96 Å². The normalized spacial score (nSPS) is 17.2. The summed E-state index contributed by atoms with van der Waals surface area (Å²) in [5.74, 6) is 1.25. The van der Waals surface area contributed by atoms with Crippen molar-refractivity contribution in [1.82, 2.24) is 10.6 Å². The molecule has 166 valence electrons. The monoisotopic (exact) mass is 551 g/mol. The van der Waals surface area contributed by atoms with Gasteiger partial charge in [0.1, 0.15) is 6.07 Å². The van der Waals surface area contributed by atoms with E-state index in [9.17, 15) is 9.47 Å². The lowest BCUT2D eigenvalue weighted by atomic mass is 10.0. The maximum atomic E-state index is 12.4. The molecule has 2 aromatic carbocycles. The number of nitriles is 1. The Bertz CT molecular complexity index is 916. The highest BCUT2D eigenvalue weighted by molar-refractivity contribution is 14.0. The number of anilines is 1. The molecule has 0 aromatic heterocycles. The predicted molar refractivity (Wildman–Crippen MR) is 139 cm³/mol. The molecule has 2 aromatic rings. The smallest absolute Gasteiger partial charge is 0.191 e. The molecule has 3 rings (SSSR count). The summed E-state index contributed by atoms with van der Waals surface area (Å²) in [7, 11) is -1.05. The van der Waals surface area contributed by atoms with Crippen molar-refractivity contribution in [1.29, 1.82) is 5.26 Å². The van der Waals surface area contributed by atoms with Crippen LogP contribution in [0.2, 0.25) is 0 Å². The fraction of sp³-hybridized carbons (Fsp3) is 0.391. The Balaban J connectivity index is 0.00000341. The molecular formula is C23H30IN5OS. The highest BCUT2D eigenvalue weighted by Crippen LogP contribution is 2.23. The van der Waals surface area contributed by atoms with E-state index in [0.29, 0.717) is 17.9 Å². The zero-order valence-corrected chi connectivity index (χ0v) is 20.9. The minimum Gasteiger partial charge on any atom is -0.368 e. The standard InChI is InChI=1S/C23H29N5OS.HI/c1-2-25-23(26-14-16-30(29)21-11-4-3-5-12-21)27-20-10-8-15-28(18-20)22-13-7-6-9-19(22)17-24;/h3-7,9,11-13,20H,2,8,10,14-16,18H2,1H3,(H2,25,26,27);1H. The van der Waals surface area contributed by atoms with Crippen LogP contribution in [0.25, 0.3) is 0 Å². The number of para-hydroxylation sites is 1. The second-order valence-electron chi connectivity index (χ2n) is 7.18. The molecule has 6 nitrogen and oxygen atoms in total. The largest absolute Gasteiger partial charge is 0.368 e. The molecule has 0 amide bonds. The summed E-state index contributed by atoms with van der Waals surface area (Å²) in [6, 6.07) is 19.8. The van der Waals surface area contributed by atoms with Gasteiger partial charge in [-0.1, -0.05) is 30.3 Å². The summed E-state index contributed by atoms with van der Waals surface area (Å²) >= 11 is 0. The molecular weight excluding hydrogens is 521 g/mol. The van der Waals surface area contributed by atoms with E-state index < -0.39 is 10.8 Å². The zero-order chi connectivity index (χ0) is 21.2. The van der Waals surface area contributed by atoms with Crippen LogP contribution in [0.1, 0.15) is 25.3 Å². The van der Waals surface area contributed by atoms with Crippen molar-refractivity contribution in [3.63, 3.8) is 0 Å². The fourth-order valence-corrected chi connectivity index (χ4v) is 4.56. The molecule has 2 N–H and O–H groups in total. The van der Waals surface area contributed by atoms with Crippen molar-refractivity contribution < 1.29 is 4.21 Å². The quantitative estimate of drug-likeness (QED) is 0.313. The Labute approximate surface area is 204 Å². The van der Waals surface area contributed by atoms with Gasteiger partial charge in [0, 0.05) is 36.3 Å². The summed E-state index contributed by atoms with van der Waals surface area (Å²) in [6.45, 7) is 5.06. The van der Waals surface area contributed by atoms with E-state index in [0.717, 1.165) is 49.0 Å². The molecule has 1 aliphatic rings. The first-order chi connectivity index (χ1) is 14.7. The topological polar surface area (TPSA) is 80.5 Å². The molecule has 1 fully saturated rings. The van der Waals surface area contributed by atoms with Crippen LogP contribution in [0.5, 0.6) is 0 Å². The van der Waals surface area contributed by atoms with Crippen molar-refractivity contribution >= 4 is 46.4 Å². The Morgan fingerprint density at radius 1 is 1.23 bits per heavy atom. The third-order valence-electron chi connectivity index (χ3n) is 5.02. The SMILES string of the molecule is CCNC(=NCCS(=O)c1ccccc1)NC1CCCN(c2ccccc2C#N)C1.I. The lowest BCUT2D eigenvalue weighted by Gasteiger charge is -2.35. The third-order valence-corrected chi connectivity index (χ3v) is 6.38. The molecule has 0 bridgehead atoms. The second-order valence-corrected chi connectivity index (χ2v) is 8.75. The number of aliphatic imine (C=N–C) groups is 1. The van der Waals surface area contributed by atoms with E-state index in [1.807, 2.05) is 61.5 Å². The minimum absolute atomic E-state index is 0. The van der Waals surface area contributed by atoms with Gasteiger partial charge in [-0.05, 0) is 44.0 Å². The summed E-state index contributed by atoms with van der Waals surface area (Å²) in [6.07, 6.45) is 2.10. The number of nitrogens with zero attached hydrogens (tertiary/aromatic N) is 3. The van der Waals surface area contributed by atoms with E-state index in [1.165, 1.54) is 0 Å². The van der Waals surface area contributed by atoms with E-state index >= 15 is 0 Å². The number of hydrogen-bond donors (Lipinski definition) is 2. The molecule has 1 aliphatic heterocycles. The summed E-state index contributed by atoms with van der Waals surface area (Å²) < 4.78 is 12.4. The molecule has 0 spiro atoms. The average molecular weight is 551 g/mol. The fourth-order valence-electron chi connectivity index (χ4n) is 3.60. The van der Waals surface area contributed by atoms with Crippen LogP contribution in [0, 0.1) is 11.3 Å². The molecule has 31 heavy (non-hydrogen) atoms. The first-order valence-electron chi connectivity index (χ1n) is 10.4. The van der Waals surface area contributed by atoms with Crippen LogP contribution < -0.4 is 15.5 Å². The molecule has 0 radical (unpaired) electrons. The number of hydrogen-bond acceptors (Lipinski definition) is 4. The Hall–Kier alpha value is -2.12. The van der Waals surface area contributed by atoms with Gasteiger partial charge in [0.2, 0.25) is 0 Å². The minimum atomic E-state index is -1.05. The summed E-state index contributed by atoms with van der Waals surface area (Å²) in [5, 5.41) is 16.2. The molecule has 1 saturated heterocycles. The van der Waals surface area contributed by atoms with Gasteiger partial charge >= 0.3 is 0 Å². The molecule has 2 unspecified atom stereocenters. The van der Waals surface area contributed by atoms with E-state index in [-0.39, 0.29) is 30.0 Å². The molecule has 2 atom stereocenters. The summed E-state index contributed by atoms with van der Waals surface area (Å²) in [4.78, 5) is 7.74. The maximum absolute atomic E-state index is 12.4. The molecule has 1 heterocycles. The highest BCUT2D eigenvalue weighted by atomic mass is 127. The van der Waals surface area contributed by atoms with Gasteiger partial charge in [-0.25, -0.2) is 0 Å². The second kappa shape index (κ2) is 13.3. The Morgan fingerprint density at radius 2 is 1.97 bits per heavy atom. The van der Waals surface area contributed by atoms with Gasteiger partial charge < -0.3 is 15.5 Å². The summed E-state index contributed by atoms with van der Waals surface area (Å²) in [5.41, 5.74) is 1.70. The number of benzene rings is 2.